The van der Waals surface area contributed by atoms with Crippen LogP contribution >= 0.6 is 0 Å². The molecule has 0 aromatic rings. The zero-order valence-electron chi connectivity index (χ0n) is 12.0. The molecule has 1 saturated heterocycles. The Balaban J connectivity index is 1.36. The zero-order chi connectivity index (χ0) is 12.6. The number of hydrogen-bond donors (Lipinski definition) is 1. The van der Waals surface area contributed by atoms with Crippen LogP contribution < -0.4 is 5.32 Å². The highest BCUT2D eigenvalue weighted by Gasteiger charge is 2.19. The predicted octanol–water partition coefficient (Wildman–Crippen LogP) is 2.41. The van der Waals surface area contributed by atoms with Gasteiger partial charge in [-0.2, -0.15) is 0 Å². The van der Waals surface area contributed by atoms with Crippen molar-refractivity contribution in [3.8, 4) is 0 Å². The summed E-state index contributed by atoms with van der Waals surface area (Å²) in [4.78, 5) is 2.46. The number of ether oxygens (including phenoxy) is 1. The summed E-state index contributed by atoms with van der Waals surface area (Å²) in [5, 5.41) is 3.56. The van der Waals surface area contributed by atoms with Crippen molar-refractivity contribution in [2.45, 2.75) is 63.5 Å². The first kappa shape index (κ1) is 14.3. The van der Waals surface area contributed by atoms with Gasteiger partial charge in [-0.05, 0) is 65.1 Å². The van der Waals surface area contributed by atoms with Gasteiger partial charge in [0.2, 0.25) is 0 Å². The van der Waals surface area contributed by atoms with E-state index in [9.17, 15) is 0 Å². The van der Waals surface area contributed by atoms with Crippen molar-refractivity contribution in [2.24, 2.45) is 0 Å². The van der Waals surface area contributed by atoms with Gasteiger partial charge in [0.15, 0.2) is 0 Å². The van der Waals surface area contributed by atoms with Crippen molar-refractivity contribution >= 4 is 0 Å². The number of likely N-dealkylation sites (N-methyl/N-ethyl adjacent to an activating group) is 1. The Bertz CT molecular complexity index is 219. The average molecular weight is 254 g/mol. The minimum Gasteiger partial charge on any atom is -0.380 e. The molecule has 1 aliphatic heterocycles. The first-order valence-corrected chi connectivity index (χ1v) is 7.87. The number of likely N-dealkylation sites (tertiary alicyclic amines) is 1. The van der Waals surface area contributed by atoms with E-state index in [1.54, 1.807) is 0 Å². The molecular weight excluding hydrogens is 224 g/mol. The Labute approximate surface area is 112 Å². The van der Waals surface area contributed by atoms with Crippen molar-refractivity contribution < 1.29 is 4.74 Å². The summed E-state index contributed by atoms with van der Waals surface area (Å²) in [6.07, 6.45) is 10.7. The average Bonchev–Trinajstić information content (AvgIpc) is 3.19. The molecule has 1 atom stereocenters. The van der Waals surface area contributed by atoms with Crippen LogP contribution in [-0.2, 0) is 4.74 Å². The van der Waals surface area contributed by atoms with Gasteiger partial charge < -0.3 is 15.0 Å². The molecule has 0 amide bonds. The Kier molecular flexibility index (Phi) is 6.46. The highest BCUT2D eigenvalue weighted by molar-refractivity contribution is 4.80. The summed E-state index contributed by atoms with van der Waals surface area (Å²) < 4.78 is 5.82. The number of piperidine rings is 1. The predicted molar refractivity (Wildman–Crippen MR) is 76.0 cm³/mol. The number of unbranched alkanes of at least 4 members (excludes halogenated alkanes) is 2. The van der Waals surface area contributed by atoms with Crippen molar-refractivity contribution in [3.05, 3.63) is 0 Å². The van der Waals surface area contributed by atoms with E-state index in [-0.39, 0.29) is 0 Å². The molecule has 2 rings (SSSR count). The topological polar surface area (TPSA) is 24.5 Å². The molecule has 2 fully saturated rings. The molecule has 1 heterocycles. The van der Waals surface area contributed by atoms with Crippen LogP contribution in [0.4, 0.5) is 0 Å². The Morgan fingerprint density at radius 3 is 2.78 bits per heavy atom. The van der Waals surface area contributed by atoms with E-state index in [1.807, 2.05) is 0 Å². The molecule has 0 radical (unpaired) electrons. The third-order valence-corrected chi connectivity index (χ3v) is 4.21. The minimum absolute atomic E-state index is 0.676. The van der Waals surface area contributed by atoms with Crippen LogP contribution in [0, 0.1) is 0 Å². The van der Waals surface area contributed by atoms with E-state index in [2.05, 4.69) is 17.3 Å². The van der Waals surface area contributed by atoms with Crippen LogP contribution in [0.5, 0.6) is 0 Å². The van der Waals surface area contributed by atoms with E-state index >= 15 is 0 Å². The second-order valence-electron chi connectivity index (χ2n) is 5.99. The second kappa shape index (κ2) is 8.13. The van der Waals surface area contributed by atoms with Crippen LogP contribution in [-0.4, -0.2) is 50.3 Å². The molecule has 3 heteroatoms. The highest BCUT2D eigenvalue weighted by Crippen LogP contribution is 2.18. The Morgan fingerprint density at radius 2 is 2.00 bits per heavy atom. The Morgan fingerprint density at radius 1 is 1.11 bits per heavy atom. The number of hydrogen-bond acceptors (Lipinski definition) is 3. The van der Waals surface area contributed by atoms with Gasteiger partial charge in [-0.1, -0.05) is 6.42 Å². The summed E-state index contributed by atoms with van der Waals surface area (Å²) in [7, 11) is 2.23. The SMILES string of the molecule is CN1CCCCC1COCCCCCNC1CC1. The lowest BCUT2D eigenvalue weighted by molar-refractivity contribution is 0.0512. The smallest absolute Gasteiger partial charge is 0.0621 e. The van der Waals surface area contributed by atoms with Gasteiger partial charge in [0, 0.05) is 18.7 Å². The van der Waals surface area contributed by atoms with Gasteiger partial charge in [0.25, 0.3) is 0 Å². The van der Waals surface area contributed by atoms with E-state index < -0.39 is 0 Å². The van der Waals surface area contributed by atoms with Crippen LogP contribution in [0.2, 0.25) is 0 Å². The van der Waals surface area contributed by atoms with Gasteiger partial charge in [-0.25, -0.2) is 0 Å². The number of rotatable bonds is 9. The largest absolute Gasteiger partial charge is 0.380 e. The molecule has 0 spiro atoms. The maximum absolute atomic E-state index is 5.82. The minimum atomic E-state index is 0.676. The van der Waals surface area contributed by atoms with Crippen molar-refractivity contribution in [1.29, 1.82) is 0 Å². The third-order valence-electron chi connectivity index (χ3n) is 4.21. The van der Waals surface area contributed by atoms with Gasteiger partial charge in [0.05, 0.1) is 6.61 Å². The first-order valence-electron chi connectivity index (χ1n) is 7.87. The Hall–Kier alpha value is -0.120. The van der Waals surface area contributed by atoms with Crippen molar-refractivity contribution in [1.82, 2.24) is 10.2 Å². The van der Waals surface area contributed by atoms with Gasteiger partial charge in [0.1, 0.15) is 0 Å². The van der Waals surface area contributed by atoms with Gasteiger partial charge in [-0.15, -0.1) is 0 Å². The normalized spacial score (nSPS) is 25.5. The summed E-state index contributed by atoms with van der Waals surface area (Å²) in [6.45, 7) is 4.35. The standard InChI is InChI=1S/C15H30N2O/c1-17-11-5-3-7-15(17)13-18-12-6-2-4-10-16-14-8-9-14/h14-16H,2-13H2,1H3. The fourth-order valence-electron chi connectivity index (χ4n) is 2.67. The monoisotopic (exact) mass is 254 g/mol. The summed E-state index contributed by atoms with van der Waals surface area (Å²) in [6, 6.07) is 1.54. The zero-order valence-corrected chi connectivity index (χ0v) is 12.0. The molecule has 0 aromatic heterocycles. The second-order valence-corrected chi connectivity index (χ2v) is 5.99. The fourth-order valence-corrected chi connectivity index (χ4v) is 2.67. The van der Waals surface area contributed by atoms with Crippen LogP contribution in [0.25, 0.3) is 0 Å². The highest BCUT2D eigenvalue weighted by atomic mass is 16.5. The van der Waals surface area contributed by atoms with E-state index in [1.165, 1.54) is 64.5 Å². The van der Waals surface area contributed by atoms with Crippen molar-refractivity contribution in [3.63, 3.8) is 0 Å². The summed E-state index contributed by atoms with van der Waals surface area (Å²) >= 11 is 0. The molecule has 106 valence electrons. The molecule has 0 aromatic carbocycles. The molecular formula is C15H30N2O. The quantitative estimate of drug-likeness (QED) is 0.640. The number of nitrogens with one attached hydrogen (secondary N) is 1. The molecule has 18 heavy (non-hydrogen) atoms. The fraction of sp³-hybridized carbons (Fsp3) is 1.00. The molecule has 3 nitrogen and oxygen atoms in total. The first-order chi connectivity index (χ1) is 8.86. The third kappa shape index (κ3) is 5.68. The lowest BCUT2D eigenvalue weighted by Gasteiger charge is -2.32. The molecule has 1 aliphatic carbocycles. The summed E-state index contributed by atoms with van der Waals surface area (Å²) in [5.74, 6) is 0. The summed E-state index contributed by atoms with van der Waals surface area (Å²) in [5.41, 5.74) is 0. The maximum atomic E-state index is 5.82. The van der Waals surface area contributed by atoms with E-state index in [0.717, 1.165) is 19.3 Å². The molecule has 1 saturated carbocycles. The van der Waals surface area contributed by atoms with E-state index in [4.69, 9.17) is 4.74 Å². The molecule has 2 aliphatic rings. The van der Waals surface area contributed by atoms with Gasteiger partial charge in [-0.3, -0.25) is 0 Å². The van der Waals surface area contributed by atoms with Crippen LogP contribution in [0.3, 0.4) is 0 Å². The molecule has 0 bridgehead atoms. The van der Waals surface area contributed by atoms with E-state index in [0.29, 0.717) is 6.04 Å². The van der Waals surface area contributed by atoms with Crippen molar-refractivity contribution in [2.75, 3.05) is 33.4 Å². The van der Waals surface area contributed by atoms with Crippen LogP contribution in [0.15, 0.2) is 0 Å². The van der Waals surface area contributed by atoms with Crippen LogP contribution in [0.1, 0.15) is 51.4 Å². The number of nitrogens with zero attached hydrogens (tertiary/aromatic N) is 1. The molecule has 1 N–H and O–H groups in total. The van der Waals surface area contributed by atoms with Gasteiger partial charge >= 0.3 is 0 Å². The molecule has 1 unspecified atom stereocenters. The lowest BCUT2D eigenvalue weighted by atomic mass is 10.0. The lowest BCUT2D eigenvalue weighted by Crippen LogP contribution is -2.39. The maximum Gasteiger partial charge on any atom is 0.0621 e.